The van der Waals surface area contributed by atoms with E-state index in [4.69, 9.17) is 4.74 Å². The fraction of sp³-hybridized carbons (Fsp3) is 0.333. The quantitative estimate of drug-likeness (QED) is 0.442. The van der Waals surface area contributed by atoms with Crippen LogP contribution >= 0.6 is 15.9 Å². The molecule has 4 atom stereocenters. The van der Waals surface area contributed by atoms with Crippen LogP contribution in [-0.2, 0) is 11.0 Å². The van der Waals surface area contributed by atoms with Gasteiger partial charge in [-0.2, -0.15) is 13.2 Å². The number of anilines is 1. The fourth-order valence-electron chi connectivity index (χ4n) is 5.09. The Bertz CT molecular complexity index is 1250. The van der Waals surface area contributed by atoms with Crippen LogP contribution in [0.5, 0.6) is 5.75 Å². The Labute approximate surface area is 210 Å². The highest BCUT2D eigenvalue weighted by atomic mass is 79.9. The molecule has 2 fully saturated rings. The number of methoxy groups -OCH3 is 1. The molecule has 36 heavy (non-hydrogen) atoms. The maximum Gasteiger partial charge on any atom is 0.419 e. The van der Waals surface area contributed by atoms with Gasteiger partial charge in [0.15, 0.2) is 11.6 Å². The predicted molar refractivity (Wildman–Crippen MR) is 121 cm³/mol. The van der Waals surface area contributed by atoms with E-state index in [2.05, 4.69) is 26.6 Å². The summed E-state index contributed by atoms with van der Waals surface area (Å²) in [7, 11) is 1.18. The van der Waals surface area contributed by atoms with Crippen LogP contribution in [0.2, 0.25) is 0 Å². The van der Waals surface area contributed by atoms with E-state index in [0.717, 1.165) is 17.7 Å². The van der Waals surface area contributed by atoms with E-state index in [-0.39, 0.29) is 28.8 Å². The highest BCUT2D eigenvalue weighted by Crippen LogP contribution is 2.53. The minimum Gasteiger partial charge on any atom is -0.496 e. The van der Waals surface area contributed by atoms with Crippen molar-refractivity contribution in [3.05, 3.63) is 69.5 Å². The van der Waals surface area contributed by atoms with Crippen LogP contribution in [0.1, 0.15) is 28.8 Å². The third kappa shape index (κ3) is 4.70. The van der Waals surface area contributed by atoms with E-state index in [1.54, 1.807) is 4.99 Å². The number of hydrogen-bond donors (Lipinski definition) is 2. The molecule has 0 aromatic heterocycles. The molecule has 2 amide bonds. The first-order chi connectivity index (χ1) is 17.0. The number of halogens is 7. The lowest BCUT2D eigenvalue weighted by Crippen LogP contribution is -2.48. The van der Waals surface area contributed by atoms with Gasteiger partial charge in [-0.15, -0.1) is 0 Å². The molecule has 0 heterocycles. The molecular weight excluding hydrogens is 558 g/mol. The van der Waals surface area contributed by atoms with Gasteiger partial charge in [0.2, 0.25) is 5.91 Å². The van der Waals surface area contributed by atoms with Crippen LogP contribution in [0, 0.1) is 35.2 Å². The molecule has 2 aromatic carbocycles. The van der Waals surface area contributed by atoms with Crippen LogP contribution in [0.4, 0.5) is 32.0 Å². The molecule has 2 aromatic rings. The van der Waals surface area contributed by atoms with E-state index in [1.807, 2.05) is 0 Å². The first kappa shape index (κ1) is 26.1. The van der Waals surface area contributed by atoms with Crippen LogP contribution in [0.3, 0.4) is 0 Å². The summed E-state index contributed by atoms with van der Waals surface area (Å²) in [4.78, 5) is 27.9. The number of benzene rings is 2. The first-order valence-corrected chi connectivity index (χ1v) is 11.7. The molecule has 2 N–H and O–H groups in total. The molecule has 0 radical (unpaired) electrons. The lowest BCUT2D eigenvalue weighted by Gasteiger charge is -2.30. The second-order valence-corrected chi connectivity index (χ2v) is 9.03. The van der Waals surface area contributed by atoms with Crippen LogP contribution in [0.25, 0.3) is 0 Å². The summed E-state index contributed by atoms with van der Waals surface area (Å²) in [5.74, 6) is -7.12. The SMILES string of the molecule is COc1cc(F)c(F)cc1C(=O)N[C@@H]1C2CCC(/C2=C/Br)[C@@H]1C(=O)Nc1ccc(F)c(C(F)(F)F)c1. The summed E-state index contributed by atoms with van der Waals surface area (Å²) in [6.45, 7) is 0. The number of nitrogens with one attached hydrogen (secondary N) is 2. The molecule has 0 spiro atoms. The Morgan fingerprint density at radius 3 is 2.33 bits per heavy atom. The molecule has 0 saturated heterocycles. The molecule has 2 saturated carbocycles. The summed E-state index contributed by atoms with van der Waals surface area (Å²) in [5.41, 5.74) is -1.22. The Kier molecular flexibility index (Phi) is 7.09. The zero-order chi connectivity index (χ0) is 26.4. The fourth-order valence-corrected chi connectivity index (χ4v) is 5.77. The van der Waals surface area contributed by atoms with Crippen molar-refractivity contribution in [2.24, 2.45) is 17.8 Å². The number of amides is 2. The van der Waals surface area contributed by atoms with Crippen molar-refractivity contribution in [3.63, 3.8) is 0 Å². The van der Waals surface area contributed by atoms with Crippen molar-refractivity contribution < 1.29 is 40.7 Å². The lowest BCUT2D eigenvalue weighted by atomic mass is 9.83. The van der Waals surface area contributed by atoms with Crippen molar-refractivity contribution in [2.75, 3.05) is 12.4 Å². The number of carbonyl (C=O) groups excluding carboxylic acids is 2. The molecule has 0 aliphatic heterocycles. The number of ether oxygens (including phenoxy) is 1. The second kappa shape index (κ2) is 9.79. The zero-order valence-corrected chi connectivity index (χ0v) is 20.1. The van der Waals surface area contributed by atoms with Gasteiger partial charge in [0.05, 0.1) is 24.2 Å². The molecule has 2 aliphatic carbocycles. The molecule has 2 bridgehead atoms. The average Bonchev–Trinajstić information content (AvgIpc) is 3.36. The average molecular weight is 577 g/mol. The zero-order valence-electron chi connectivity index (χ0n) is 18.6. The standard InChI is InChI=1S/C24H19BrF6N2O3/c1-36-19-8-18(28)17(27)7-13(19)22(34)33-21-12-4-3-11(14(12)9-25)20(21)23(35)32-10-2-5-16(26)15(6-10)24(29,30)31/h2,5-9,11-12,20-21H,3-4H2,1H3,(H,32,35)(H,33,34)/b14-9-/t11?,12?,20-,21+/m0/s1. The predicted octanol–water partition coefficient (Wildman–Crippen LogP) is 5.80. The van der Waals surface area contributed by atoms with Gasteiger partial charge in [0.25, 0.3) is 5.91 Å². The summed E-state index contributed by atoms with van der Waals surface area (Å²) in [6, 6.07) is 2.74. The normalized spacial score (nSPS) is 24.2. The second-order valence-electron chi connectivity index (χ2n) is 8.57. The highest BCUT2D eigenvalue weighted by Gasteiger charge is 2.54. The number of hydrogen-bond acceptors (Lipinski definition) is 3. The molecule has 192 valence electrons. The van der Waals surface area contributed by atoms with E-state index >= 15 is 0 Å². The number of carbonyl (C=O) groups is 2. The van der Waals surface area contributed by atoms with E-state index < -0.39 is 53.0 Å². The number of alkyl halides is 3. The van der Waals surface area contributed by atoms with Gasteiger partial charge in [0, 0.05) is 23.7 Å². The number of fused-ring (bicyclic) bond motifs is 2. The molecule has 4 rings (SSSR count). The van der Waals surface area contributed by atoms with Gasteiger partial charge >= 0.3 is 6.18 Å². The summed E-state index contributed by atoms with van der Waals surface area (Å²) < 4.78 is 85.3. The Hall–Kier alpha value is -3.02. The molecule has 2 unspecified atom stereocenters. The van der Waals surface area contributed by atoms with Crippen LogP contribution < -0.4 is 15.4 Å². The van der Waals surface area contributed by atoms with Gasteiger partial charge in [-0.25, -0.2) is 13.2 Å². The van der Waals surface area contributed by atoms with Gasteiger partial charge in [-0.1, -0.05) is 21.5 Å². The third-order valence-electron chi connectivity index (χ3n) is 6.65. The third-order valence-corrected chi connectivity index (χ3v) is 7.18. The van der Waals surface area contributed by atoms with Crippen molar-refractivity contribution in [3.8, 4) is 5.75 Å². The summed E-state index contributed by atoms with van der Waals surface area (Å²) in [5, 5.41) is 5.10. The van der Waals surface area contributed by atoms with Gasteiger partial charge in [0.1, 0.15) is 11.6 Å². The smallest absolute Gasteiger partial charge is 0.419 e. The largest absolute Gasteiger partial charge is 0.496 e. The summed E-state index contributed by atoms with van der Waals surface area (Å²) >= 11 is 3.27. The highest BCUT2D eigenvalue weighted by molar-refractivity contribution is 9.11. The first-order valence-electron chi connectivity index (χ1n) is 10.8. The van der Waals surface area contributed by atoms with Crippen LogP contribution in [-0.4, -0.2) is 25.0 Å². The van der Waals surface area contributed by atoms with E-state index in [0.29, 0.717) is 31.0 Å². The topological polar surface area (TPSA) is 67.4 Å². The minimum absolute atomic E-state index is 0.210. The molecule has 2 aliphatic rings. The van der Waals surface area contributed by atoms with Gasteiger partial charge < -0.3 is 15.4 Å². The molecule has 5 nitrogen and oxygen atoms in total. The number of rotatable bonds is 5. The van der Waals surface area contributed by atoms with Crippen molar-refractivity contribution >= 4 is 33.4 Å². The van der Waals surface area contributed by atoms with E-state index in [9.17, 15) is 35.9 Å². The van der Waals surface area contributed by atoms with E-state index in [1.165, 1.54) is 7.11 Å². The maximum atomic E-state index is 13.8. The van der Waals surface area contributed by atoms with Crippen molar-refractivity contribution in [2.45, 2.75) is 25.1 Å². The van der Waals surface area contributed by atoms with Crippen LogP contribution in [0.15, 0.2) is 40.9 Å². The van der Waals surface area contributed by atoms with Gasteiger partial charge in [-0.3, -0.25) is 9.59 Å². The van der Waals surface area contributed by atoms with Crippen molar-refractivity contribution in [1.82, 2.24) is 5.32 Å². The Morgan fingerprint density at radius 1 is 1.03 bits per heavy atom. The minimum atomic E-state index is -4.96. The van der Waals surface area contributed by atoms with Crippen molar-refractivity contribution in [1.29, 1.82) is 0 Å². The maximum absolute atomic E-state index is 13.8. The molecular formula is C24H19BrF6N2O3. The summed E-state index contributed by atoms with van der Waals surface area (Å²) in [6.07, 6.45) is -3.73. The Balaban J connectivity index is 1.62. The Morgan fingerprint density at radius 2 is 1.69 bits per heavy atom. The van der Waals surface area contributed by atoms with Gasteiger partial charge in [-0.05, 0) is 48.0 Å². The lowest BCUT2D eigenvalue weighted by molar-refractivity contribution is -0.140. The molecule has 12 heteroatoms. The monoisotopic (exact) mass is 576 g/mol.